The number of aliphatic imine (C=N–C) groups is 1. The summed E-state index contributed by atoms with van der Waals surface area (Å²) in [6.07, 6.45) is 2.97. The first-order valence-corrected chi connectivity index (χ1v) is 8.89. The third-order valence-corrected chi connectivity index (χ3v) is 5.19. The van der Waals surface area contributed by atoms with Crippen LogP contribution in [0, 0.1) is 5.92 Å². The summed E-state index contributed by atoms with van der Waals surface area (Å²) in [5.74, 6) is 1.01. The maximum absolute atomic E-state index is 11.4. The van der Waals surface area contributed by atoms with Gasteiger partial charge in [-0.15, -0.1) is 0 Å². The summed E-state index contributed by atoms with van der Waals surface area (Å²) in [6.45, 7) is 4.85. The van der Waals surface area contributed by atoms with Crippen molar-refractivity contribution in [3.63, 3.8) is 0 Å². The minimum absolute atomic E-state index is 0.424. The monoisotopic (exact) mass is 304 g/mol. The Kier molecular flexibility index (Phi) is 5.22. The third kappa shape index (κ3) is 4.32. The Labute approximate surface area is 120 Å². The van der Waals surface area contributed by atoms with Crippen LogP contribution in [-0.2, 0) is 14.8 Å². The molecule has 2 fully saturated rings. The highest BCUT2D eigenvalue weighted by atomic mass is 32.2. The van der Waals surface area contributed by atoms with E-state index in [1.807, 2.05) is 4.90 Å². The fourth-order valence-electron chi connectivity index (χ4n) is 2.54. The van der Waals surface area contributed by atoms with Crippen LogP contribution in [0.15, 0.2) is 4.99 Å². The number of hydrogen-bond acceptors (Lipinski definition) is 4. The summed E-state index contributed by atoms with van der Waals surface area (Å²) in [4.78, 5) is 6.49. The minimum Gasteiger partial charge on any atom is -0.378 e. The summed E-state index contributed by atoms with van der Waals surface area (Å²) < 4.78 is 29.7. The molecule has 0 bridgehead atoms. The molecule has 0 aliphatic carbocycles. The molecule has 7 nitrogen and oxygen atoms in total. The van der Waals surface area contributed by atoms with E-state index in [-0.39, 0.29) is 0 Å². The van der Waals surface area contributed by atoms with E-state index in [1.54, 1.807) is 4.31 Å². The number of hydrogen-bond donors (Lipinski definition) is 1. The van der Waals surface area contributed by atoms with Crippen LogP contribution >= 0.6 is 0 Å². The molecule has 116 valence electrons. The molecule has 0 aromatic rings. The van der Waals surface area contributed by atoms with Crippen molar-refractivity contribution in [2.24, 2.45) is 16.6 Å². The lowest BCUT2D eigenvalue weighted by Crippen LogP contribution is -2.45. The lowest BCUT2D eigenvalue weighted by Gasteiger charge is -2.30. The van der Waals surface area contributed by atoms with Gasteiger partial charge < -0.3 is 15.4 Å². The molecular weight excluding hydrogens is 280 g/mol. The second kappa shape index (κ2) is 6.73. The average molecular weight is 304 g/mol. The van der Waals surface area contributed by atoms with Gasteiger partial charge in [-0.2, -0.15) is 0 Å². The van der Waals surface area contributed by atoms with Crippen LogP contribution in [0.1, 0.15) is 12.8 Å². The van der Waals surface area contributed by atoms with Crippen molar-refractivity contribution in [2.75, 3.05) is 52.2 Å². The number of sulfonamides is 1. The molecule has 0 atom stereocenters. The molecule has 0 unspecified atom stereocenters. The van der Waals surface area contributed by atoms with E-state index in [0.717, 1.165) is 25.9 Å². The lowest BCUT2D eigenvalue weighted by atomic mass is 9.98. The van der Waals surface area contributed by atoms with Gasteiger partial charge >= 0.3 is 0 Å². The van der Waals surface area contributed by atoms with Gasteiger partial charge in [0, 0.05) is 32.7 Å². The molecule has 8 heteroatoms. The molecule has 0 aromatic carbocycles. The maximum Gasteiger partial charge on any atom is 0.211 e. The first kappa shape index (κ1) is 15.5. The fraction of sp³-hybridized carbons (Fsp3) is 0.917. The van der Waals surface area contributed by atoms with E-state index in [4.69, 9.17) is 10.5 Å². The topological polar surface area (TPSA) is 88.2 Å². The SMILES string of the molecule is CS(=O)(=O)N1CCC(CN=C(N)N2CCOCC2)CC1. The van der Waals surface area contributed by atoms with E-state index in [9.17, 15) is 8.42 Å². The number of ether oxygens (including phenoxy) is 1. The lowest BCUT2D eigenvalue weighted by molar-refractivity contribution is 0.0673. The van der Waals surface area contributed by atoms with E-state index in [1.165, 1.54) is 6.26 Å². The summed E-state index contributed by atoms with van der Waals surface area (Å²) >= 11 is 0. The number of nitrogens with two attached hydrogens (primary N) is 1. The van der Waals surface area contributed by atoms with Crippen LogP contribution in [0.3, 0.4) is 0 Å². The van der Waals surface area contributed by atoms with Gasteiger partial charge in [-0.1, -0.05) is 0 Å². The number of rotatable bonds is 3. The van der Waals surface area contributed by atoms with Gasteiger partial charge in [-0.3, -0.25) is 4.99 Å². The summed E-state index contributed by atoms with van der Waals surface area (Å²) in [5.41, 5.74) is 5.98. The molecular formula is C12H24N4O3S. The first-order valence-electron chi connectivity index (χ1n) is 7.04. The van der Waals surface area contributed by atoms with Crippen LogP contribution in [0.2, 0.25) is 0 Å². The Hall–Kier alpha value is -0.860. The van der Waals surface area contributed by atoms with Crippen molar-refractivity contribution in [1.82, 2.24) is 9.21 Å². The molecule has 2 rings (SSSR count). The highest BCUT2D eigenvalue weighted by molar-refractivity contribution is 7.88. The number of nitrogens with zero attached hydrogens (tertiary/aromatic N) is 3. The Morgan fingerprint density at radius 3 is 2.40 bits per heavy atom. The third-order valence-electron chi connectivity index (χ3n) is 3.89. The van der Waals surface area contributed by atoms with Gasteiger partial charge in [-0.05, 0) is 18.8 Å². The Bertz CT molecular complexity index is 438. The zero-order valence-electron chi connectivity index (χ0n) is 12.0. The molecule has 0 amide bonds. The van der Waals surface area contributed by atoms with Gasteiger partial charge in [0.05, 0.1) is 19.5 Å². The second-order valence-corrected chi connectivity index (χ2v) is 7.39. The van der Waals surface area contributed by atoms with Crippen molar-refractivity contribution < 1.29 is 13.2 Å². The molecule has 0 saturated carbocycles. The molecule has 2 aliphatic heterocycles. The summed E-state index contributed by atoms with van der Waals surface area (Å²) in [7, 11) is -3.05. The molecule has 2 heterocycles. The Balaban J connectivity index is 1.77. The first-order chi connectivity index (χ1) is 9.47. The largest absolute Gasteiger partial charge is 0.378 e. The van der Waals surface area contributed by atoms with Crippen LogP contribution in [0.5, 0.6) is 0 Å². The number of morpholine rings is 1. The molecule has 2 saturated heterocycles. The maximum atomic E-state index is 11.4. The molecule has 20 heavy (non-hydrogen) atoms. The van der Waals surface area contributed by atoms with Crippen molar-refractivity contribution in [2.45, 2.75) is 12.8 Å². The molecule has 0 aromatic heterocycles. The minimum atomic E-state index is -3.05. The zero-order chi connectivity index (χ0) is 14.6. The second-order valence-electron chi connectivity index (χ2n) is 5.40. The molecule has 0 radical (unpaired) electrons. The fourth-order valence-corrected chi connectivity index (χ4v) is 3.41. The normalized spacial score (nSPS) is 24.1. The zero-order valence-corrected chi connectivity index (χ0v) is 12.8. The number of piperidine rings is 1. The van der Waals surface area contributed by atoms with E-state index in [2.05, 4.69) is 4.99 Å². The van der Waals surface area contributed by atoms with Crippen LogP contribution in [0.25, 0.3) is 0 Å². The van der Waals surface area contributed by atoms with Crippen molar-refractivity contribution in [3.05, 3.63) is 0 Å². The van der Waals surface area contributed by atoms with Gasteiger partial charge in [0.1, 0.15) is 0 Å². The quantitative estimate of drug-likeness (QED) is 0.550. The average Bonchev–Trinajstić information content (AvgIpc) is 2.45. The van der Waals surface area contributed by atoms with E-state index < -0.39 is 10.0 Å². The van der Waals surface area contributed by atoms with Crippen LogP contribution in [-0.4, -0.2) is 75.8 Å². The smallest absolute Gasteiger partial charge is 0.211 e. The molecule has 2 aliphatic rings. The molecule has 2 N–H and O–H groups in total. The van der Waals surface area contributed by atoms with Crippen molar-refractivity contribution in [1.29, 1.82) is 0 Å². The van der Waals surface area contributed by atoms with Crippen LogP contribution < -0.4 is 5.73 Å². The predicted molar refractivity (Wildman–Crippen MR) is 78.0 cm³/mol. The van der Waals surface area contributed by atoms with Crippen LogP contribution in [0.4, 0.5) is 0 Å². The number of guanidine groups is 1. The highest BCUT2D eigenvalue weighted by Gasteiger charge is 2.24. The van der Waals surface area contributed by atoms with E-state index in [0.29, 0.717) is 44.7 Å². The Morgan fingerprint density at radius 2 is 1.85 bits per heavy atom. The van der Waals surface area contributed by atoms with Gasteiger partial charge in [-0.25, -0.2) is 12.7 Å². The van der Waals surface area contributed by atoms with Gasteiger partial charge in [0.25, 0.3) is 0 Å². The van der Waals surface area contributed by atoms with Gasteiger partial charge in [0.2, 0.25) is 10.0 Å². The summed E-state index contributed by atoms with van der Waals surface area (Å²) in [6, 6.07) is 0. The Morgan fingerprint density at radius 1 is 1.25 bits per heavy atom. The standard InChI is InChI=1S/C12H24N4O3S/c1-20(17,18)16-4-2-11(3-5-16)10-14-12(13)15-6-8-19-9-7-15/h11H,2-10H2,1H3,(H2,13,14). The predicted octanol–water partition coefficient (Wildman–Crippen LogP) is -0.695. The van der Waals surface area contributed by atoms with Gasteiger partial charge in [0.15, 0.2) is 5.96 Å². The van der Waals surface area contributed by atoms with Crippen molar-refractivity contribution in [3.8, 4) is 0 Å². The highest BCUT2D eigenvalue weighted by Crippen LogP contribution is 2.19. The summed E-state index contributed by atoms with van der Waals surface area (Å²) in [5, 5.41) is 0. The van der Waals surface area contributed by atoms with E-state index >= 15 is 0 Å². The van der Waals surface area contributed by atoms with Crippen molar-refractivity contribution >= 4 is 16.0 Å². The molecule has 0 spiro atoms.